The average molecular weight is 302 g/mol. The molecule has 4 rings (SSSR count). The molecule has 1 N–H and O–H groups in total. The maximum atomic E-state index is 12.5. The van der Waals surface area contributed by atoms with Crippen molar-refractivity contribution in [2.24, 2.45) is 23.7 Å². The summed E-state index contributed by atoms with van der Waals surface area (Å²) in [5.41, 5.74) is 0.302. The highest BCUT2D eigenvalue weighted by Gasteiger charge is 2.63. The quantitative estimate of drug-likeness (QED) is 0.521. The van der Waals surface area contributed by atoms with Crippen molar-refractivity contribution in [1.82, 2.24) is 0 Å². The molecule has 3 aliphatic rings. The molecule has 0 unspecified atom stereocenters. The number of amides is 1. The lowest BCUT2D eigenvalue weighted by Gasteiger charge is -2.23. The van der Waals surface area contributed by atoms with E-state index in [9.17, 15) is 19.7 Å². The standard InChI is InChI=1S/C15H14N2O5/c18-14(16-8-2-1-3-9(6-8)17(20)21)12-7-4-10-11(5-7)22-15(19)13(10)12/h1-3,6-7,10-13H,4-5H2,(H,16,18)/t7-,10-,11+,12-,13-/m0/s1. The van der Waals surface area contributed by atoms with Crippen molar-refractivity contribution >= 4 is 23.3 Å². The number of hydrogen-bond acceptors (Lipinski definition) is 5. The van der Waals surface area contributed by atoms with Gasteiger partial charge in [0.1, 0.15) is 6.10 Å². The molecule has 1 heterocycles. The summed E-state index contributed by atoms with van der Waals surface area (Å²) in [6.07, 6.45) is 1.60. The number of nitrogens with one attached hydrogen (secondary N) is 1. The Balaban J connectivity index is 1.55. The fraction of sp³-hybridized carbons (Fsp3) is 0.467. The third kappa shape index (κ3) is 1.81. The molecule has 114 valence electrons. The summed E-state index contributed by atoms with van der Waals surface area (Å²) in [6.45, 7) is 0. The summed E-state index contributed by atoms with van der Waals surface area (Å²) in [5.74, 6) is -0.897. The van der Waals surface area contributed by atoms with Gasteiger partial charge >= 0.3 is 5.97 Å². The van der Waals surface area contributed by atoms with Crippen molar-refractivity contribution in [3.63, 3.8) is 0 Å². The van der Waals surface area contributed by atoms with Gasteiger partial charge in [-0.2, -0.15) is 0 Å². The molecule has 7 nitrogen and oxygen atoms in total. The molecular formula is C15H14N2O5. The van der Waals surface area contributed by atoms with E-state index in [1.165, 1.54) is 18.2 Å². The normalized spacial score (nSPS) is 34.5. The molecule has 3 fully saturated rings. The fourth-order valence-corrected chi connectivity index (χ4v) is 4.29. The molecule has 2 aliphatic carbocycles. The van der Waals surface area contributed by atoms with Gasteiger partial charge in [0.2, 0.25) is 5.91 Å². The maximum absolute atomic E-state index is 12.5. The van der Waals surface area contributed by atoms with Crippen LogP contribution in [0.25, 0.3) is 0 Å². The molecule has 7 heteroatoms. The molecular weight excluding hydrogens is 288 g/mol. The van der Waals surface area contributed by atoms with Crippen LogP contribution in [-0.4, -0.2) is 22.9 Å². The Morgan fingerprint density at radius 3 is 2.95 bits per heavy atom. The van der Waals surface area contributed by atoms with Gasteiger partial charge < -0.3 is 10.1 Å². The van der Waals surface area contributed by atoms with Crippen molar-refractivity contribution in [3.8, 4) is 0 Å². The Labute approximate surface area is 125 Å². The monoisotopic (exact) mass is 302 g/mol. The number of carbonyl (C=O) groups is 2. The number of esters is 1. The highest BCUT2D eigenvalue weighted by Crippen LogP contribution is 2.57. The van der Waals surface area contributed by atoms with Crippen LogP contribution in [0, 0.1) is 33.8 Å². The lowest BCUT2D eigenvalue weighted by Crippen LogP contribution is -2.35. The molecule has 1 aliphatic heterocycles. The predicted octanol–water partition coefficient (Wildman–Crippen LogP) is 1.73. The van der Waals surface area contributed by atoms with Crippen LogP contribution in [0.15, 0.2) is 24.3 Å². The van der Waals surface area contributed by atoms with E-state index in [2.05, 4.69) is 5.32 Å². The average Bonchev–Trinajstić information content (AvgIpc) is 3.08. The van der Waals surface area contributed by atoms with Crippen LogP contribution < -0.4 is 5.32 Å². The number of carbonyl (C=O) groups excluding carboxylic acids is 2. The van der Waals surface area contributed by atoms with Crippen LogP contribution in [-0.2, 0) is 14.3 Å². The Morgan fingerprint density at radius 2 is 2.18 bits per heavy atom. The second-order valence-corrected chi connectivity index (χ2v) is 6.22. The summed E-state index contributed by atoms with van der Waals surface area (Å²) >= 11 is 0. The zero-order valence-electron chi connectivity index (χ0n) is 11.6. The fourth-order valence-electron chi connectivity index (χ4n) is 4.29. The van der Waals surface area contributed by atoms with E-state index < -0.39 is 4.92 Å². The maximum Gasteiger partial charge on any atom is 0.310 e. The number of ether oxygens (including phenoxy) is 1. The topological polar surface area (TPSA) is 98.5 Å². The lowest BCUT2D eigenvalue weighted by atomic mass is 9.79. The van der Waals surface area contributed by atoms with Crippen molar-refractivity contribution in [3.05, 3.63) is 34.4 Å². The minimum atomic E-state index is -0.508. The molecule has 1 aromatic carbocycles. The van der Waals surface area contributed by atoms with Crippen molar-refractivity contribution in [2.75, 3.05) is 5.32 Å². The van der Waals surface area contributed by atoms with Crippen molar-refractivity contribution in [2.45, 2.75) is 18.9 Å². The summed E-state index contributed by atoms with van der Waals surface area (Å²) in [6, 6.07) is 5.81. The van der Waals surface area contributed by atoms with Crippen LogP contribution in [0.5, 0.6) is 0 Å². The number of hydrogen-bond donors (Lipinski definition) is 1. The number of fused-ring (bicyclic) bond motifs is 1. The molecule has 0 spiro atoms. The number of nitro groups is 1. The van der Waals surface area contributed by atoms with E-state index in [4.69, 9.17) is 4.74 Å². The van der Waals surface area contributed by atoms with Crippen LogP contribution in [0.1, 0.15) is 12.8 Å². The van der Waals surface area contributed by atoms with E-state index in [0.717, 1.165) is 12.8 Å². The first kappa shape index (κ1) is 13.2. The van der Waals surface area contributed by atoms with Gasteiger partial charge in [0, 0.05) is 23.7 Å². The number of non-ortho nitro benzene ring substituents is 1. The van der Waals surface area contributed by atoms with Crippen LogP contribution >= 0.6 is 0 Å². The highest BCUT2D eigenvalue weighted by atomic mass is 16.6. The van der Waals surface area contributed by atoms with E-state index in [1.807, 2.05) is 0 Å². The van der Waals surface area contributed by atoms with Crippen molar-refractivity contribution < 1.29 is 19.2 Å². The molecule has 1 amide bonds. The minimum Gasteiger partial charge on any atom is -0.462 e. The van der Waals surface area contributed by atoms with Gasteiger partial charge in [-0.25, -0.2) is 0 Å². The van der Waals surface area contributed by atoms with E-state index in [0.29, 0.717) is 5.69 Å². The van der Waals surface area contributed by atoms with E-state index in [-0.39, 0.29) is 47.3 Å². The summed E-state index contributed by atoms with van der Waals surface area (Å²) in [4.78, 5) is 34.7. The third-order valence-electron chi connectivity index (χ3n) is 5.11. The molecule has 0 radical (unpaired) electrons. The van der Waals surface area contributed by atoms with Gasteiger partial charge in [-0.05, 0) is 24.8 Å². The summed E-state index contributed by atoms with van der Waals surface area (Å²) < 4.78 is 5.31. The predicted molar refractivity (Wildman–Crippen MR) is 74.8 cm³/mol. The van der Waals surface area contributed by atoms with E-state index in [1.54, 1.807) is 6.07 Å². The minimum absolute atomic E-state index is 0.00985. The first-order valence-corrected chi connectivity index (χ1v) is 7.30. The number of benzene rings is 1. The number of anilines is 1. The summed E-state index contributed by atoms with van der Waals surface area (Å²) in [5, 5.41) is 13.5. The van der Waals surface area contributed by atoms with Gasteiger partial charge in [0.25, 0.3) is 5.69 Å². The Morgan fingerprint density at radius 1 is 1.36 bits per heavy atom. The van der Waals surface area contributed by atoms with Gasteiger partial charge in [0.15, 0.2) is 0 Å². The molecule has 2 bridgehead atoms. The molecule has 2 saturated carbocycles. The van der Waals surface area contributed by atoms with Crippen LogP contribution in [0.2, 0.25) is 0 Å². The Hall–Kier alpha value is -2.44. The van der Waals surface area contributed by atoms with Crippen LogP contribution in [0.3, 0.4) is 0 Å². The van der Waals surface area contributed by atoms with Crippen molar-refractivity contribution in [1.29, 1.82) is 0 Å². The molecule has 1 aromatic rings. The number of nitro benzene ring substituents is 1. The summed E-state index contributed by atoms with van der Waals surface area (Å²) in [7, 11) is 0. The smallest absolute Gasteiger partial charge is 0.310 e. The molecule has 1 saturated heterocycles. The Kier molecular flexibility index (Phi) is 2.72. The van der Waals surface area contributed by atoms with Gasteiger partial charge in [-0.3, -0.25) is 19.7 Å². The van der Waals surface area contributed by atoms with E-state index >= 15 is 0 Å². The molecule has 0 aromatic heterocycles. The van der Waals surface area contributed by atoms with Gasteiger partial charge in [-0.15, -0.1) is 0 Å². The highest BCUT2D eigenvalue weighted by molar-refractivity contribution is 5.97. The first-order chi connectivity index (χ1) is 10.5. The second kappa shape index (κ2) is 4.53. The van der Waals surface area contributed by atoms with Crippen LogP contribution in [0.4, 0.5) is 11.4 Å². The van der Waals surface area contributed by atoms with Gasteiger partial charge in [-0.1, -0.05) is 6.07 Å². The largest absolute Gasteiger partial charge is 0.462 e. The molecule has 5 atom stereocenters. The number of rotatable bonds is 3. The zero-order chi connectivity index (χ0) is 15.4. The Bertz CT molecular complexity index is 686. The first-order valence-electron chi connectivity index (χ1n) is 7.30. The SMILES string of the molecule is O=C(Nc1cccc([N+](=O)[O-])c1)[C@H]1[C@H]2C[C@@H]3[C@@H]1C(=O)O[C@@H]3C2. The molecule has 22 heavy (non-hydrogen) atoms. The number of nitrogens with zero attached hydrogens (tertiary/aromatic N) is 1. The van der Waals surface area contributed by atoms with Gasteiger partial charge in [0.05, 0.1) is 16.8 Å². The second-order valence-electron chi connectivity index (χ2n) is 6.22. The zero-order valence-corrected chi connectivity index (χ0v) is 11.6. The third-order valence-corrected chi connectivity index (χ3v) is 5.11. The lowest BCUT2D eigenvalue weighted by molar-refractivity contribution is -0.384.